The van der Waals surface area contributed by atoms with Gasteiger partial charge in [-0.15, -0.1) is 0 Å². The maximum absolute atomic E-state index is 13.0. The third-order valence-corrected chi connectivity index (χ3v) is 6.25. The number of hydrogen-bond acceptors (Lipinski definition) is 6. The predicted octanol–water partition coefficient (Wildman–Crippen LogP) is 7.36. The predicted molar refractivity (Wildman–Crippen MR) is 151 cm³/mol. The average Bonchev–Trinajstić information content (AvgIpc) is 2.90. The number of nitro benzene ring substituents is 1. The van der Waals surface area contributed by atoms with Gasteiger partial charge in [-0.05, 0) is 105 Å². The number of nitrogens with one attached hydrogen (secondary N) is 1. The van der Waals surface area contributed by atoms with E-state index in [-0.39, 0.29) is 17.0 Å². The maximum atomic E-state index is 13.0. The van der Waals surface area contributed by atoms with Crippen molar-refractivity contribution in [1.82, 2.24) is 4.90 Å². The topological polar surface area (TPSA) is 93.9 Å². The molecular weight excluding hydrogens is 506 g/mol. The van der Waals surface area contributed by atoms with Crippen molar-refractivity contribution < 1.29 is 19.2 Å². The van der Waals surface area contributed by atoms with Gasteiger partial charge in [0.2, 0.25) is 5.75 Å². The van der Waals surface area contributed by atoms with E-state index >= 15 is 0 Å². The number of hydrogen-bond donors (Lipinski definition) is 1. The lowest BCUT2D eigenvalue weighted by Gasteiger charge is -2.21. The highest BCUT2D eigenvalue weighted by Crippen LogP contribution is 2.33. The smallest absolute Gasteiger partial charge is 0.312 e. The molecule has 0 aromatic heterocycles. The van der Waals surface area contributed by atoms with Crippen LogP contribution >= 0.6 is 11.6 Å². The summed E-state index contributed by atoms with van der Waals surface area (Å²) in [5.74, 6) is 0.730. The first-order valence-corrected chi connectivity index (χ1v) is 13.1. The Kier molecular flexibility index (Phi) is 10.9. The van der Waals surface area contributed by atoms with Crippen molar-refractivity contribution in [1.29, 1.82) is 0 Å². The van der Waals surface area contributed by atoms with Gasteiger partial charge in [-0.2, -0.15) is 0 Å². The third kappa shape index (κ3) is 8.19. The van der Waals surface area contributed by atoms with E-state index in [0.717, 1.165) is 56.6 Å². The summed E-state index contributed by atoms with van der Waals surface area (Å²) in [7, 11) is 1.63. The zero-order valence-electron chi connectivity index (χ0n) is 22.0. The molecule has 3 aromatic carbocycles. The standard InChI is InChI=1S/C29H34ClN3O5/c1-4-16-32(17-5-2)18-6-7-21-19-24(11-15-27(21)37-3)31-29(34)22-8-14-28(26(20-22)33(35)36)38-25-12-9-23(30)10-13-25/h8-15,19-20H,4-7,16-18H2,1-3H3,(H,31,34). The van der Waals surface area contributed by atoms with Crippen molar-refractivity contribution in [2.24, 2.45) is 0 Å². The average molecular weight is 540 g/mol. The van der Waals surface area contributed by atoms with Crippen molar-refractivity contribution in [2.45, 2.75) is 39.5 Å². The van der Waals surface area contributed by atoms with E-state index in [9.17, 15) is 14.9 Å². The van der Waals surface area contributed by atoms with E-state index in [1.54, 1.807) is 37.4 Å². The second-order valence-corrected chi connectivity index (χ2v) is 9.36. The van der Waals surface area contributed by atoms with E-state index in [0.29, 0.717) is 16.5 Å². The van der Waals surface area contributed by atoms with Gasteiger partial charge in [0.05, 0.1) is 12.0 Å². The lowest BCUT2D eigenvalue weighted by atomic mass is 10.1. The number of halogens is 1. The van der Waals surface area contributed by atoms with Gasteiger partial charge in [-0.1, -0.05) is 25.4 Å². The number of carbonyl (C=O) groups is 1. The molecule has 3 aromatic rings. The van der Waals surface area contributed by atoms with E-state index in [4.69, 9.17) is 21.1 Å². The minimum Gasteiger partial charge on any atom is -0.496 e. The number of carbonyl (C=O) groups excluding carboxylic acids is 1. The molecule has 0 saturated heterocycles. The summed E-state index contributed by atoms with van der Waals surface area (Å²) in [4.78, 5) is 26.6. The summed E-state index contributed by atoms with van der Waals surface area (Å²) in [5.41, 5.74) is 1.42. The molecule has 202 valence electrons. The Morgan fingerprint density at radius 2 is 1.66 bits per heavy atom. The van der Waals surface area contributed by atoms with E-state index in [2.05, 4.69) is 24.1 Å². The van der Waals surface area contributed by atoms with Crippen molar-refractivity contribution in [3.63, 3.8) is 0 Å². The summed E-state index contributed by atoms with van der Waals surface area (Å²) in [5, 5.41) is 15.1. The molecule has 1 N–H and O–H groups in total. The summed E-state index contributed by atoms with van der Waals surface area (Å²) in [6.07, 6.45) is 4.02. The van der Waals surface area contributed by atoms with Crippen LogP contribution in [0.5, 0.6) is 17.2 Å². The van der Waals surface area contributed by atoms with Gasteiger partial charge in [0, 0.05) is 22.3 Å². The van der Waals surface area contributed by atoms with E-state index in [1.165, 1.54) is 18.2 Å². The van der Waals surface area contributed by atoms with Crippen molar-refractivity contribution in [3.05, 3.63) is 86.9 Å². The number of amides is 1. The second kappa shape index (κ2) is 14.4. The van der Waals surface area contributed by atoms with Crippen LogP contribution in [0.3, 0.4) is 0 Å². The number of aryl methyl sites for hydroxylation is 1. The molecule has 8 nitrogen and oxygen atoms in total. The second-order valence-electron chi connectivity index (χ2n) is 8.92. The third-order valence-electron chi connectivity index (χ3n) is 6.00. The molecule has 0 bridgehead atoms. The molecule has 0 fully saturated rings. The molecule has 3 rings (SSSR count). The number of benzene rings is 3. The Bertz CT molecular complexity index is 1230. The molecule has 1 amide bonds. The maximum Gasteiger partial charge on any atom is 0.312 e. The monoisotopic (exact) mass is 539 g/mol. The van der Waals surface area contributed by atoms with E-state index in [1.807, 2.05) is 12.1 Å². The van der Waals surface area contributed by atoms with Crippen LogP contribution in [-0.4, -0.2) is 42.5 Å². The fourth-order valence-corrected chi connectivity index (χ4v) is 4.36. The molecule has 0 aliphatic rings. The first kappa shape index (κ1) is 28.9. The molecular formula is C29H34ClN3O5. The number of rotatable bonds is 14. The minimum atomic E-state index is -0.576. The molecule has 0 atom stereocenters. The lowest BCUT2D eigenvalue weighted by molar-refractivity contribution is -0.385. The van der Waals surface area contributed by atoms with Crippen molar-refractivity contribution in [2.75, 3.05) is 32.1 Å². The number of nitrogens with zero attached hydrogens (tertiary/aromatic N) is 2. The number of methoxy groups -OCH3 is 1. The number of nitro groups is 1. The van der Waals surface area contributed by atoms with Gasteiger partial charge in [-0.3, -0.25) is 14.9 Å². The molecule has 0 radical (unpaired) electrons. The van der Waals surface area contributed by atoms with Crippen LogP contribution in [0.2, 0.25) is 5.02 Å². The van der Waals surface area contributed by atoms with Gasteiger partial charge in [0.1, 0.15) is 11.5 Å². The highest BCUT2D eigenvalue weighted by atomic mass is 35.5. The van der Waals surface area contributed by atoms with Gasteiger partial charge in [-0.25, -0.2) is 0 Å². The Balaban J connectivity index is 1.72. The summed E-state index contributed by atoms with van der Waals surface area (Å²) < 4.78 is 11.2. The Morgan fingerprint density at radius 1 is 0.974 bits per heavy atom. The zero-order valence-corrected chi connectivity index (χ0v) is 22.8. The van der Waals surface area contributed by atoms with Crippen LogP contribution in [0.4, 0.5) is 11.4 Å². The van der Waals surface area contributed by atoms with Gasteiger partial charge >= 0.3 is 5.69 Å². The summed E-state index contributed by atoms with van der Waals surface area (Å²) >= 11 is 5.89. The van der Waals surface area contributed by atoms with Crippen LogP contribution in [-0.2, 0) is 6.42 Å². The number of anilines is 1. The van der Waals surface area contributed by atoms with Gasteiger partial charge in [0.15, 0.2) is 0 Å². The molecule has 38 heavy (non-hydrogen) atoms. The van der Waals surface area contributed by atoms with Crippen LogP contribution in [0.1, 0.15) is 49.0 Å². The Labute approximate surface area is 228 Å². The molecule has 0 saturated carbocycles. The molecule has 0 aliphatic heterocycles. The molecule has 9 heteroatoms. The van der Waals surface area contributed by atoms with Crippen molar-refractivity contribution in [3.8, 4) is 17.2 Å². The van der Waals surface area contributed by atoms with Crippen LogP contribution in [0.15, 0.2) is 60.7 Å². The first-order chi connectivity index (χ1) is 18.3. The SMILES string of the molecule is CCCN(CCC)CCCc1cc(NC(=O)c2ccc(Oc3ccc(Cl)cc3)c([N+](=O)[O-])c2)ccc1OC. The summed E-state index contributed by atoms with van der Waals surface area (Å²) in [6, 6.07) is 16.1. The summed E-state index contributed by atoms with van der Waals surface area (Å²) in [6.45, 7) is 7.53. The van der Waals surface area contributed by atoms with Crippen LogP contribution in [0, 0.1) is 10.1 Å². The Morgan fingerprint density at radius 3 is 2.29 bits per heavy atom. The fraction of sp³-hybridized carbons (Fsp3) is 0.345. The van der Waals surface area contributed by atoms with Crippen molar-refractivity contribution >= 4 is 28.9 Å². The highest BCUT2D eigenvalue weighted by Gasteiger charge is 2.20. The zero-order chi connectivity index (χ0) is 27.5. The molecule has 0 spiro atoms. The van der Waals surface area contributed by atoms with Crippen LogP contribution in [0.25, 0.3) is 0 Å². The Hall–Kier alpha value is -3.62. The van der Waals surface area contributed by atoms with Gasteiger partial charge < -0.3 is 19.7 Å². The first-order valence-electron chi connectivity index (χ1n) is 12.8. The largest absolute Gasteiger partial charge is 0.496 e. The lowest BCUT2D eigenvalue weighted by Crippen LogP contribution is -2.26. The van der Waals surface area contributed by atoms with E-state index < -0.39 is 10.8 Å². The normalized spacial score (nSPS) is 10.9. The fourth-order valence-electron chi connectivity index (χ4n) is 4.23. The number of ether oxygens (including phenoxy) is 2. The highest BCUT2D eigenvalue weighted by molar-refractivity contribution is 6.30. The molecule has 0 heterocycles. The van der Waals surface area contributed by atoms with Gasteiger partial charge in [0.25, 0.3) is 5.91 Å². The molecule has 0 unspecified atom stereocenters. The minimum absolute atomic E-state index is 0.0285. The quantitative estimate of drug-likeness (QED) is 0.170. The molecule has 0 aliphatic carbocycles. The van der Waals surface area contributed by atoms with Crippen LogP contribution < -0.4 is 14.8 Å².